The molecule has 4 heteroatoms. The number of hydrogen-bond acceptors (Lipinski definition) is 3. The Kier molecular flexibility index (Phi) is 3.01. The third-order valence-electron chi connectivity index (χ3n) is 2.23. The van der Waals surface area contributed by atoms with Crippen molar-refractivity contribution in [3.8, 4) is 11.1 Å². The summed E-state index contributed by atoms with van der Waals surface area (Å²) in [5, 5.41) is 3.40. The first-order chi connectivity index (χ1) is 7.74. The normalized spacial score (nSPS) is 10.1. The largest absolute Gasteiger partial charge is 0.465 e. The molecule has 1 aromatic heterocycles. The second-order valence-corrected chi connectivity index (χ2v) is 3.91. The summed E-state index contributed by atoms with van der Waals surface area (Å²) in [5.41, 5.74) is 1.40. The SMILES string of the molecule is COC(=O)c1cscc1-c1ccccc1F. The molecule has 0 aliphatic heterocycles. The van der Waals surface area contributed by atoms with Crippen LogP contribution in [0, 0.1) is 5.82 Å². The zero-order valence-electron chi connectivity index (χ0n) is 8.57. The van der Waals surface area contributed by atoms with E-state index in [-0.39, 0.29) is 5.82 Å². The lowest BCUT2D eigenvalue weighted by atomic mass is 10.0. The Balaban J connectivity index is 2.53. The second-order valence-electron chi connectivity index (χ2n) is 3.17. The maximum atomic E-state index is 13.6. The van der Waals surface area contributed by atoms with Gasteiger partial charge in [0.2, 0.25) is 0 Å². The maximum Gasteiger partial charge on any atom is 0.339 e. The van der Waals surface area contributed by atoms with Crippen molar-refractivity contribution < 1.29 is 13.9 Å². The molecule has 0 atom stereocenters. The van der Waals surface area contributed by atoms with E-state index in [0.29, 0.717) is 16.7 Å². The maximum absolute atomic E-state index is 13.6. The van der Waals surface area contributed by atoms with Crippen LogP contribution in [0.4, 0.5) is 4.39 Å². The number of thiophene rings is 1. The molecule has 0 N–H and O–H groups in total. The van der Waals surface area contributed by atoms with Gasteiger partial charge in [0.25, 0.3) is 0 Å². The fourth-order valence-electron chi connectivity index (χ4n) is 1.45. The Hall–Kier alpha value is -1.68. The number of halogens is 1. The van der Waals surface area contributed by atoms with E-state index >= 15 is 0 Å². The van der Waals surface area contributed by atoms with Crippen molar-refractivity contribution in [2.24, 2.45) is 0 Å². The van der Waals surface area contributed by atoms with Crippen molar-refractivity contribution in [3.05, 3.63) is 46.4 Å². The van der Waals surface area contributed by atoms with Gasteiger partial charge in [0, 0.05) is 16.5 Å². The highest BCUT2D eigenvalue weighted by Gasteiger charge is 2.16. The molecule has 0 saturated heterocycles. The minimum Gasteiger partial charge on any atom is -0.465 e. The Labute approximate surface area is 96.3 Å². The van der Waals surface area contributed by atoms with Gasteiger partial charge >= 0.3 is 5.97 Å². The summed E-state index contributed by atoms with van der Waals surface area (Å²) in [7, 11) is 1.31. The number of benzene rings is 1. The van der Waals surface area contributed by atoms with Crippen molar-refractivity contribution in [2.45, 2.75) is 0 Å². The van der Waals surface area contributed by atoms with E-state index in [1.54, 1.807) is 29.0 Å². The lowest BCUT2D eigenvalue weighted by Crippen LogP contribution is -2.01. The average molecular weight is 236 g/mol. The lowest BCUT2D eigenvalue weighted by Gasteiger charge is -2.03. The number of rotatable bonds is 2. The van der Waals surface area contributed by atoms with Crippen LogP contribution < -0.4 is 0 Å². The first-order valence-electron chi connectivity index (χ1n) is 4.63. The van der Waals surface area contributed by atoms with Crippen LogP contribution >= 0.6 is 11.3 Å². The highest BCUT2D eigenvalue weighted by Crippen LogP contribution is 2.29. The molecule has 0 spiro atoms. The first kappa shape index (κ1) is 10.8. The summed E-state index contributed by atoms with van der Waals surface area (Å²) in [6.07, 6.45) is 0. The molecule has 2 nitrogen and oxygen atoms in total. The van der Waals surface area contributed by atoms with Gasteiger partial charge in [-0.15, -0.1) is 0 Å². The summed E-state index contributed by atoms with van der Waals surface area (Å²) in [5.74, 6) is -0.787. The van der Waals surface area contributed by atoms with Gasteiger partial charge in [-0.3, -0.25) is 0 Å². The van der Waals surface area contributed by atoms with Gasteiger partial charge in [-0.05, 0) is 11.4 Å². The van der Waals surface area contributed by atoms with Crippen molar-refractivity contribution in [3.63, 3.8) is 0 Å². The zero-order valence-corrected chi connectivity index (χ0v) is 9.38. The average Bonchev–Trinajstić information content (AvgIpc) is 2.77. The van der Waals surface area contributed by atoms with Gasteiger partial charge in [0.1, 0.15) is 5.82 Å². The van der Waals surface area contributed by atoms with Crippen LogP contribution in [0.15, 0.2) is 35.0 Å². The molecule has 0 radical (unpaired) electrons. The van der Waals surface area contributed by atoms with E-state index in [4.69, 9.17) is 0 Å². The molecule has 2 rings (SSSR count). The third-order valence-corrected chi connectivity index (χ3v) is 2.97. The Morgan fingerprint density at radius 1 is 1.25 bits per heavy atom. The molecule has 0 saturated carbocycles. The third kappa shape index (κ3) is 1.84. The molecule has 0 amide bonds. The van der Waals surface area contributed by atoms with Gasteiger partial charge in [0.15, 0.2) is 0 Å². The number of ether oxygens (including phenoxy) is 1. The standard InChI is InChI=1S/C12H9FO2S/c1-15-12(14)10-7-16-6-9(10)8-4-2-3-5-11(8)13/h2-7H,1H3. The van der Waals surface area contributed by atoms with E-state index in [9.17, 15) is 9.18 Å². The van der Waals surface area contributed by atoms with Crippen LogP contribution in [-0.2, 0) is 4.74 Å². The lowest BCUT2D eigenvalue weighted by molar-refractivity contribution is 0.0602. The van der Waals surface area contributed by atoms with E-state index < -0.39 is 5.97 Å². The number of carbonyl (C=O) groups is 1. The first-order valence-corrected chi connectivity index (χ1v) is 5.57. The molecule has 0 unspecified atom stereocenters. The molecular formula is C12H9FO2S. The molecule has 16 heavy (non-hydrogen) atoms. The zero-order chi connectivity index (χ0) is 11.5. The Morgan fingerprint density at radius 3 is 2.69 bits per heavy atom. The summed E-state index contributed by atoms with van der Waals surface area (Å²) in [6, 6.07) is 6.36. The van der Waals surface area contributed by atoms with Crippen molar-refractivity contribution in [2.75, 3.05) is 7.11 Å². The monoisotopic (exact) mass is 236 g/mol. The predicted molar refractivity (Wildman–Crippen MR) is 61.1 cm³/mol. The molecular weight excluding hydrogens is 227 g/mol. The number of carbonyl (C=O) groups excluding carboxylic acids is 1. The van der Waals surface area contributed by atoms with E-state index in [0.717, 1.165) is 0 Å². The molecule has 0 bridgehead atoms. The summed E-state index contributed by atoms with van der Waals surface area (Å²) < 4.78 is 18.2. The van der Waals surface area contributed by atoms with Crippen LogP contribution in [0.3, 0.4) is 0 Å². The molecule has 82 valence electrons. The van der Waals surface area contributed by atoms with Gasteiger partial charge in [0.05, 0.1) is 12.7 Å². The van der Waals surface area contributed by atoms with Gasteiger partial charge in [-0.2, -0.15) is 11.3 Å². The topological polar surface area (TPSA) is 26.3 Å². The summed E-state index contributed by atoms with van der Waals surface area (Å²) in [4.78, 5) is 11.4. The fourth-order valence-corrected chi connectivity index (χ4v) is 2.27. The van der Waals surface area contributed by atoms with Crippen molar-refractivity contribution >= 4 is 17.3 Å². The highest BCUT2D eigenvalue weighted by atomic mass is 32.1. The second kappa shape index (κ2) is 4.45. The molecule has 2 aromatic rings. The van der Waals surface area contributed by atoms with Crippen LogP contribution in [0.2, 0.25) is 0 Å². The number of hydrogen-bond donors (Lipinski definition) is 0. The smallest absolute Gasteiger partial charge is 0.339 e. The van der Waals surface area contributed by atoms with Crippen molar-refractivity contribution in [1.82, 2.24) is 0 Å². The van der Waals surface area contributed by atoms with Crippen LogP contribution in [-0.4, -0.2) is 13.1 Å². The Morgan fingerprint density at radius 2 is 2.00 bits per heavy atom. The van der Waals surface area contributed by atoms with Gasteiger partial charge in [-0.25, -0.2) is 9.18 Å². The van der Waals surface area contributed by atoms with Crippen LogP contribution in [0.5, 0.6) is 0 Å². The predicted octanol–water partition coefficient (Wildman–Crippen LogP) is 3.34. The summed E-state index contributed by atoms with van der Waals surface area (Å²) in [6.45, 7) is 0. The highest BCUT2D eigenvalue weighted by molar-refractivity contribution is 7.08. The number of esters is 1. The van der Waals surface area contributed by atoms with E-state index in [2.05, 4.69) is 4.74 Å². The molecule has 0 aliphatic carbocycles. The van der Waals surface area contributed by atoms with Crippen LogP contribution in [0.25, 0.3) is 11.1 Å². The molecule has 0 aliphatic rings. The Bertz CT molecular complexity index is 519. The van der Waals surface area contributed by atoms with E-state index in [1.165, 1.54) is 24.5 Å². The van der Waals surface area contributed by atoms with Crippen LogP contribution in [0.1, 0.15) is 10.4 Å². The molecule has 1 aromatic carbocycles. The van der Waals surface area contributed by atoms with Gasteiger partial charge < -0.3 is 4.74 Å². The minimum absolute atomic E-state index is 0.342. The van der Waals surface area contributed by atoms with Crippen molar-refractivity contribution in [1.29, 1.82) is 0 Å². The summed E-state index contributed by atoms with van der Waals surface area (Å²) >= 11 is 1.35. The molecule has 1 heterocycles. The fraction of sp³-hybridized carbons (Fsp3) is 0.0833. The molecule has 0 fully saturated rings. The number of methoxy groups -OCH3 is 1. The van der Waals surface area contributed by atoms with E-state index in [1.807, 2.05) is 0 Å². The van der Waals surface area contributed by atoms with Gasteiger partial charge in [-0.1, -0.05) is 18.2 Å². The quantitative estimate of drug-likeness (QED) is 0.747. The minimum atomic E-state index is -0.445.